The predicted molar refractivity (Wildman–Crippen MR) is 599 cm³/mol. The molecule has 3 aromatic heterocycles. The molecular formula is C121H128N7NiO8S8. The summed E-state index contributed by atoms with van der Waals surface area (Å²) >= 11 is 13.0. The van der Waals surface area contributed by atoms with Crippen LogP contribution in [0.5, 0.6) is 46.0 Å². The number of nitrogens with zero attached hydrogens (tertiary/aromatic N) is 7. The molecule has 12 aromatic carbocycles. The Bertz CT molecular complexity index is 6230. The van der Waals surface area contributed by atoms with E-state index in [0.29, 0.717) is 205 Å². The molecule has 0 spiro atoms. The van der Waals surface area contributed by atoms with E-state index in [2.05, 4.69) is 360 Å². The van der Waals surface area contributed by atoms with Gasteiger partial charge < -0.3 is 67.8 Å². The quantitative estimate of drug-likeness (QED) is 0.0261. The summed E-state index contributed by atoms with van der Waals surface area (Å²) in [7, 11) is 0. The van der Waals surface area contributed by atoms with E-state index in [1.54, 1.807) is 94.1 Å². The standard InChI is InChI=1S/C121H128N7O8S8.Ni/c1-74(2)57-65-129-100-92-90-73-91(93(92)101(130-66-58-75(3)4)109(138-83-43-27-18-28-44-83)108(100)137-82-41-25-17-26-42-82)123-117-95-97(105(134-70-62-79(11)12)113(142-87-51-35-22-36-52-87)111(103(95)132-68-60-77(7)8)140-85-47-31-20-32-48-85)119(125-117)127-121-99-98(106(135-71-63-80(13)14)114(143-88-53-37-23-38-54-88)115(107(99)136-72-64-81(15)16)144-89-55-39-24-40-56-89)120(128-121)126-118-96-94(116(122-90)124-118)102(131-67-59-76(5)6)110(139-84-45-29-19-30-46-84)112(104(96)133-69-61-78(9)10)141-86-49-33-21-34-50-86;/h17-56,74-81H,57-72H2,1-16H3;/q-3;+3. The molecule has 15 aromatic rings. The summed E-state index contributed by atoms with van der Waals surface area (Å²) < 4.78 is 62.7. The van der Waals surface area contributed by atoms with Crippen LogP contribution in [0.3, 0.4) is 0 Å². The number of hydrogen-bond acceptors (Lipinski definition) is 21. The molecule has 0 atom stereocenters. The van der Waals surface area contributed by atoms with Crippen molar-refractivity contribution in [3.8, 4) is 91.3 Å². The van der Waals surface area contributed by atoms with E-state index >= 15 is 0 Å². The van der Waals surface area contributed by atoms with Crippen LogP contribution in [0.15, 0.2) is 321 Å². The third kappa shape index (κ3) is 26.9. The topological polar surface area (TPSA) is 166 Å². The first-order valence-electron chi connectivity index (χ1n) is 50.6. The van der Waals surface area contributed by atoms with Crippen LogP contribution < -0.4 is 47.9 Å². The van der Waals surface area contributed by atoms with Gasteiger partial charge in [0, 0.05) is 83.3 Å². The summed E-state index contributed by atoms with van der Waals surface area (Å²) in [6.45, 7) is 38.4. The maximum atomic E-state index is 7.85. The molecule has 0 unspecified atom stereocenters. The van der Waals surface area contributed by atoms with Gasteiger partial charge in [-0.2, -0.15) is 6.07 Å². The minimum Gasteiger partial charge on any atom is -0.506 e. The summed E-state index contributed by atoms with van der Waals surface area (Å²) in [5.74, 6) is 6.88. The summed E-state index contributed by atoms with van der Waals surface area (Å²) in [5, 5.41) is 2.23. The minimum atomic E-state index is 0. The molecule has 4 heterocycles. The Morgan fingerprint density at radius 2 is 0.366 bits per heavy atom. The van der Waals surface area contributed by atoms with E-state index in [1.165, 1.54) is 0 Å². The van der Waals surface area contributed by atoms with Gasteiger partial charge in [0.05, 0.1) is 126 Å². The van der Waals surface area contributed by atoms with Gasteiger partial charge in [0.1, 0.15) is 34.5 Å². The molecule has 17 rings (SSSR count). The third-order valence-corrected chi connectivity index (χ3v) is 33.4. The van der Waals surface area contributed by atoms with Crippen molar-refractivity contribution in [2.45, 2.75) is 240 Å². The van der Waals surface area contributed by atoms with Crippen molar-refractivity contribution in [3.05, 3.63) is 249 Å². The van der Waals surface area contributed by atoms with Gasteiger partial charge in [-0.15, -0.1) is 22.5 Å². The van der Waals surface area contributed by atoms with Gasteiger partial charge in [-0.05, 0) is 196 Å². The fraction of sp³-hybridized carbons (Fsp3) is 0.331. The van der Waals surface area contributed by atoms with Gasteiger partial charge in [0.25, 0.3) is 0 Å². The number of rotatable bonds is 48. The first kappa shape index (κ1) is 108. The van der Waals surface area contributed by atoms with Crippen LogP contribution >= 0.6 is 94.1 Å². The molecule has 24 heteroatoms. The number of ether oxygens (including phenoxy) is 8. The van der Waals surface area contributed by atoms with Gasteiger partial charge >= 0.3 is 16.5 Å². The SMILES string of the molecule is CC(C)CCOc1c(Sc2ccccc2)c(Sc2ccccc2)c(OCCC(C)C)c2c1-c1[c-]c-2nc2[n-]c(nc3nc(nc4[n-]c(n1)c1c(OCCC(C)C)c(Sc5ccccc5)c(Sc5ccccc5)c(OCCC(C)C)c41)-c1c(OCCC(C)C)c(Sc4ccccc4)c(Sc4ccccc4)c(OCCC(C)C)c1-3)c1c(OCCC(C)C)c(Sc3ccccc3)c(Sc3ccccc3)c(OCCC(C)C)c21.[Ni+3]. The largest absolute Gasteiger partial charge is 3.00 e. The van der Waals surface area contributed by atoms with Crippen molar-refractivity contribution in [2.24, 2.45) is 47.3 Å². The second kappa shape index (κ2) is 51.6. The molecule has 0 amide bonds. The summed E-state index contributed by atoms with van der Waals surface area (Å²) in [6.07, 6.45) is 5.69. The normalized spacial score (nSPS) is 11.9. The van der Waals surface area contributed by atoms with Crippen LogP contribution in [0.4, 0.5) is 0 Å². The molecule has 145 heavy (non-hydrogen) atoms. The monoisotopic (exact) mass is 2120 g/mol. The van der Waals surface area contributed by atoms with Crippen LogP contribution in [0.1, 0.15) is 162 Å². The van der Waals surface area contributed by atoms with Gasteiger partial charge in [0.15, 0.2) is 0 Å². The smallest absolute Gasteiger partial charge is 0.506 e. The minimum absolute atomic E-state index is 0. The fourth-order valence-corrected chi connectivity index (χ4v) is 24.9. The Labute approximate surface area is 900 Å². The van der Waals surface area contributed by atoms with Gasteiger partial charge in [-0.3, -0.25) is 0 Å². The zero-order valence-corrected chi connectivity index (χ0v) is 93.0. The average molecular weight is 2120 g/mol. The third-order valence-electron chi connectivity index (χ3n) is 24.1. The maximum absolute atomic E-state index is 7.85. The number of fused-ring (bicyclic) bond motifs is 20. The average Bonchev–Trinajstić information content (AvgIpc) is 1.55. The van der Waals surface area contributed by atoms with Crippen LogP contribution in [-0.4, -0.2) is 77.8 Å². The van der Waals surface area contributed by atoms with Crippen LogP contribution in [0.25, 0.3) is 89.4 Å². The number of aromatic nitrogens is 7. The molecular weight excluding hydrogens is 1990 g/mol. The van der Waals surface area contributed by atoms with E-state index in [1.807, 2.05) is 0 Å². The molecule has 0 fully saturated rings. The summed E-state index contributed by atoms with van der Waals surface area (Å²) in [5.41, 5.74) is 4.05. The van der Waals surface area contributed by atoms with Crippen molar-refractivity contribution < 1.29 is 54.4 Å². The first-order chi connectivity index (χ1) is 70.0. The Kier molecular flexibility index (Phi) is 38.3. The number of benzene rings is 12. The van der Waals surface area contributed by atoms with E-state index < -0.39 is 0 Å². The molecule has 8 bridgehead atoms. The van der Waals surface area contributed by atoms with Gasteiger partial charge in [0.2, 0.25) is 0 Å². The summed E-state index contributed by atoms with van der Waals surface area (Å²) in [4.78, 5) is 58.0. The molecule has 1 aliphatic carbocycles. The van der Waals surface area contributed by atoms with Crippen molar-refractivity contribution in [1.29, 1.82) is 0 Å². The van der Waals surface area contributed by atoms with Crippen LogP contribution in [0, 0.1) is 53.4 Å². The first-order valence-corrected chi connectivity index (χ1v) is 57.2. The van der Waals surface area contributed by atoms with Crippen molar-refractivity contribution in [2.75, 3.05) is 52.9 Å². The molecule has 15 nitrogen and oxygen atoms in total. The van der Waals surface area contributed by atoms with E-state index in [0.717, 1.165) is 78.3 Å². The van der Waals surface area contributed by atoms with Gasteiger partial charge in [-0.25, -0.2) is 4.98 Å². The fourth-order valence-electron chi connectivity index (χ4n) is 16.2. The zero-order chi connectivity index (χ0) is 100. The molecule has 1 radical (unpaired) electrons. The predicted octanol–water partition coefficient (Wildman–Crippen LogP) is 35.1. The van der Waals surface area contributed by atoms with E-state index in [-0.39, 0.29) is 98.1 Å². The molecule has 0 N–H and O–H groups in total. The second-order valence-electron chi connectivity index (χ2n) is 39.4. The molecule has 0 saturated heterocycles. The maximum Gasteiger partial charge on any atom is 3.00 e. The van der Waals surface area contributed by atoms with E-state index in [9.17, 15) is 0 Å². The zero-order valence-electron chi connectivity index (χ0n) is 85.5. The van der Waals surface area contributed by atoms with Gasteiger partial charge in [-0.1, -0.05) is 350 Å². The molecule has 1 aliphatic heterocycles. The van der Waals surface area contributed by atoms with Crippen molar-refractivity contribution >= 4 is 138 Å². The Hall–Kier alpha value is -10.2. The Morgan fingerprint density at radius 3 is 0.545 bits per heavy atom. The second-order valence-corrected chi connectivity index (χ2v) is 48.1. The van der Waals surface area contributed by atoms with Crippen LogP contribution in [-0.2, 0) is 16.5 Å². The van der Waals surface area contributed by atoms with Crippen LogP contribution in [0.2, 0.25) is 0 Å². The van der Waals surface area contributed by atoms with Crippen molar-refractivity contribution in [1.82, 2.24) is 34.9 Å². The van der Waals surface area contributed by atoms with Crippen molar-refractivity contribution in [3.63, 3.8) is 0 Å². The molecule has 753 valence electrons. The summed E-state index contributed by atoms with van der Waals surface area (Å²) in [6, 6.07) is 88.5. The number of hydrogen-bond donors (Lipinski definition) is 0. The molecule has 2 aliphatic rings. The molecule has 0 saturated carbocycles. The van der Waals surface area contributed by atoms with E-state index in [4.69, 9.17) is 72.8 Å². The Morgan fingerprint density at radius 1 is 0.207 bits per heavy atom. The Balaban J connectivity index is 0.0000151.